The summed E-state index contributed by atoms with van der Waals surface area (Å²) in [5.41, 5.74) is 0. The third-order valence-corrected chi connectivity index (χ3v) is 2.84. The highest BCUT2D eigenvalue weighted by molar-refractivity contribution is 7.80. The molecule has 1 saturated heterocycles. The molecule has 4 heteroatoms. The Hall–Kier alpha value is -0.350. The van der Waals surface area contributed by atoms with Crippen molar-refractivity contribution in [2.75, 3.05) is 39.8 Å². The quantitative estimate of drug-likeness (QED) is 0.656. The molecule has 1 rings (SSSR count). The zero-order valence-electron chi connectivity index (χ0n) is 8.55. The van der Waals surface area contributed by atoms with E-state index in [-0.39, 0.29) is 0 Å². The van der Waals surface area contributed by atoms with Gasteiger partial charge in [0, 0.05) is 39.8 Å². The van der Waals surface area contributed by atoms with Gasteiger partial charge in [0.1, 0.15) is 0 Å². The first-order valence-electron chi connectivity index (χ1n) is 4.96. The Kier molecular flexibility index (Phi) is 4.45. The fourth-order valence-corrected chi connectivity index (χ4v) is 1.80. The number of nitrogens with one attached hydrogen (secondary N) is 1. The molecule has 0 radical (unpaired) electrons. The molecule has 0 bridgehead atoms. The number of hydrogen-bond donors (Lipinski definition) is 1. The van der Waals surface area contributed by atoms with Crippen molar-refractivity contribution < 1.29 is 0 Å². The Morgan fingerprint density at radius 1 is 1.46 bits per heavy atom. The van der Waals surface area contributed by atoms with Gasteiger partial charge in [0.25, 0.3) is 0 Å². The van der Waals surface area contributed by atoms with Crippen LogP contribution in [0.4, 0.5) is 0 Å². The minimum absolute atomic E-state index is 1.00. The lowest BCUT2D eigenvalue weighted by Gasteiger charge is -2.34. The molecule has 1 aliphatic heterocycles. The standard InChI is InChI=1S/C9H19N3S/c1-3-6-11(2)9(13)12-7-4-10-5-8-12/h10H,3-8H2,1-2H3. The van der Waals surface area contributed by atoms with Gasteiger partial charge in [-0.05, 0) is 18.6 Å². The molecule has 0 spiro atoms. The Balaban J connectivity index is 2.36. The molecule has 0 aliphatic carbocycles. The van der Waals surface area contributed by atoms with Gasteiger partial charge in [-0.3, -0.25) is 0 Å². The molecular weight excluding hydrogens is 182 g/mol. The minimum atomic E-state index is 1.00. The molecule has 0 aromatic carbocycles. The average Bonchev–Trinajstić information content (AvgIpc) is 2.18. The molecule has 1 fully saturated rings. The van der Waals surface area contributed by atoms with Crippen molar-refractivity contribution in [3.63, 3.8) is 0 Å². The van der Waals surface area contributed by atoms with Crippen molar-refractivity contribution in [1.82, 2.24) is 15.1 Å². The maximum Gasteiger partial charge on any atom is 0.171 e. The number of thiocarbonyl (C=S) groups is 1. The topological polar surface area (TPSA) is 18.5 Å². The zero-order valence-corrected chi connectivity index (χ0v) is 9.36. The second kappa shape index (κ2) is 5.40. The van der Waals surface area contributed by atoms with Crippen molar-refractivity contribution in [2.24, 2.45) is 0 Å². The molecular formula is C9H19N3S. The summed E-state index contributed by atoms with van der Waals surface area (Å²) in [6, 6.07) is 0. The number of hydrogen-bond acceptors (Lipinski definition) is 2. The van der Waals surface area contributed by atoms with Crippen molar-refractivity contribution >= 4 is 17.3 Å². The van der Waals surface area contributed by atoms with E-state index in [2.05, 4.69) is 29.1 Å². The molecule has 0 aromatic heterocycles. The summed E-state index contributed by atoms with van der Waals surface area (Å²) in [7, 11) is 2.08. The highest BCUT2D eigenvalue weighted by atomic mass is 32.1. The largest absolute Gasteiger partial charge is 0.352 e. The van der Waals surface area contributed by atoms with Gasteiger partial charge in [-0.15, -0.1) is 0 Å². The van der Waals surface area contributed by atoms with Crippen molar-refractivity contribution in [3.8, 4) is 0 Å². The molecule has 76 valence electrons. The van der Waals surface area contributed by atoms with Crippen LogP contribution in [0.2, 0.25) is 0 Å². The maximum absolute atomic E-state index is 5.39. The summed E-state index contributed by atoms with van der Waals surface area (Å²) < 4.78 is 0. The predicted octanol–water partition coefficient (Wildman–Crippen LogP) is 0.518. The van der Waals surface area contributed by atoms with Crippen LogP contribution >= 0.6 is 12.2 Å². The molecule has 0 atom stereocenters. The van der Waals surface area contributed by atoms with Gasteiger partial charge in [0.15, 0.2) is 5.11 Å². The van der Waals surface area contributed by atoms with Gasteiger partial charge in [-0.1, -0.05) is 6.92 Å². The Bertz CT molecular complexity index is 166. The smallest absolute Gasteiger partial charge is 0.171 e. The summed E-state index contributed by atoms with van der Waals surface area (Å²) in [6.45, 7) is 7.44. The molecule has 3 nitrogen and oxygen atoms in total. The van der Waals surface area contributed by atoms with Crippen molar-refractivity contribution in [1.29, 1.82) is 0 Å². The molecule has 1 aliphatic rings. The zero-order chi connectivity index (χ0) is 9.68. The van der Waals surface area contributed by atoms with Crippen LogP contribution in [-0.2, 0) is 0 Å². The van der Waals surface area contributed by atoms with Crippen LogP contribution in [0.5, 0.6) is 0 Å². The van der Waals surface area contributed by atoms with E-state index in [1.807, 2.05) is 0 Å². The number of piperazine rings is 1. The molecule has 1 N–H and O–H groups in total. The highest BCUT2D eigenvalue weighted by Crippen LogP contribution is 2.00. The van der Waals surface area contributed by atoms with Crippen LogP contribution in [0.15, 0.2) is 0 Å². The van der Waals surface area contributed by atoms with E-state index in [0.29, 0.717) is 0 Å². The second-order valence-corrected chi connectivity index (χ2v) is 3.81. The van der Waals surface area contributed by atoms with Gasteiger partial charge in [0.05, 0.1) is 0 Å². The SMILES string of the molecule is CCCN(C)C(=S)N1CCNCC1. The van der Waals surface area contributed by atoms with E-state index >= 15 is 0 Å². The van der Waals surface area contributed by atoms with Gasteiger partial charge in [0.2, 0.25) is 0 Å². The Labute approximate surface area is 86.1 Å². The average molecular weight is 201 g/mol. The first-order valence-corrected chi connectivity index (χ1v) is 5.37. The summed E-state index contributed by atoms with van der Waals surface area (Å²) >= 11 is 5.39. The number of nitrogens with zero attached hydrogens (tertiary/aromatic N) is 2. The maximum atomic E-state index is 5.39. The summed E-state index contributed by atoms with van der Waals surface area (Å²) in [4.78, 5) is 4.45. The Morgan fingerprint density at radius 2 is 2.08 bits per heavy atom. The van der Waals surface area contributed by atoms with E-state index in [1.54, 1.807) is 0 Å². The second-order valence-electron chi connectivity index (χ2n) is 3.44. The lowest BCUT2D eigenvalue weighted by Crippen LogP contribution is -2.50. The lowest BCUT2D eigenvalue weighted by molar-refractivity contribution is 0.317. The third-order valence-electron chi connectivity index (χ3n) is 2.27. The fraction of sp³-hybridized carbons (Fsp3) is 0.889. The third kappa shape index (κ3) is 3.12. The molecule has 0 saturated carbocycles. The molecule has 1 heterocycles. The minimum Gasteiger partial charge on any atom is -0.352 e. The summed E-state index contributed by atoms with van der Waals surface area (Å²) in [5, 5.41) is 4.32. The van der Waals surface area contributed by atoms with Gasteiger partial charge < -0.3 is 15.1 Å². The van der Waals surface area contributed by atoms with Crippen molar-refractivity contribution in [3.05, 3.63) is 0 Å². The number of rotatable bonds is 2. The molecule has 0 aromatic rings. The van der Waals surface area contributed by atoms with Crippen LogP contribution in [-0.4, -0.2) is 54.7 Å². The summed E-state index contributed by atoms with van der Waals surface area (Å²) in [6.07, 6.45) is 1.16. The van der Waals surface area contributed by atoms with Crippen LogP contribution in [0, 0.1) is 0 Å². The van der Waals surface area contributed by atoms with E-state index in [4.69, 9.17) is 12.2 Å². The van der Waals surface area contributed by atoms with Crippen LogP contribution in [0.1, 0.15) is 13.3 Å². The van der Waals surface area contributed by atoms with Gasteiger partial charge in [-0.2, -0.15) is 0 Å². The summed E-state index contributed by atoms with van der Waals surface area (Å²) in [5.74, 6) is 0. The van der Waals surface area contributed by atoms with E-state index in [9.17, 15) is 0 Å². The first kappa shape index (κ1) is 10.7. The van der Waals surface area contributed by atoms with Crippen molar-refractivity contribution in [2.45, 2.75) is 13.3 Å². The predicted molar refractivity (Wildman–Crippen MR) is 60.0 cm³/mol. The van der Waals surface area contributed by atoms with E-state index in [0.717, 1.165) is 44.3 Å². The molecule has 13 heavy (non-hydrogen) atoms. The normalized spacial score (nSPS) is 17.2. The molecule has 0 unspecified atom stereocenters. The van der Waals surface area contributed by atoms with Crippen LogP contribution < -0.4 is 5.32 Å². The van der Waals surface area contributed by atoms with E-state index in [1.165, 1.54) is 0 Å². The Morgan fingerprint density at radius 3 is 2.62 bits per heavy atom. The highest BCUT2D eigenvalue weighted by Gasteiger charge is 2.15. The van der Waals surface area contributed by atoms with Crippen LogP contribution in [0.25, 0.3) is 0 Å². The van der Waals surface area contributed by atoms with E-state index < -0.39 is 0 Å². The van der Waals surface area contributed by atoms with Gasteiger partial charge in [-0.25, -0.2) is 0 Å². The van der Waals surface area contributed by atoms with Crippen LogP contribution in [0.3, 0.4) is 0 Å². The van der Waals surface area contributed by atoms with Gasteiger partial charge >= 0.3 is 0 Å². The fourth-order valence-electron chi connectivity index (χ4n) is 1.53. The monoisotopic (exact) mass is 201 g/mol. The first-order chi connectivity index (χ1) is 6.25. The molecule has 0 amide bonds. The lowest BCUT2D eigenvalue weighted by atomic mass is 10.4.